The molecule has 2 aliphatic heterocycles. The van der Waals surface area contributed by atoms with Crippen LogP contribution in [0.1, 0.15) is 10.6 Å². The second-order valence-electron chi connectivity index (χ2n) is 6.87. The molecular weight excluding hydrogens is 438 g/mol. The smallest absolute Gasteiger partial charge is 0.352 e. The first-order chi connectivity index (χ1) is 15.0. The van der Waals surface area contributed by atoms with Gasteiger partial charge in [0.05, 0.1) is 11.2 Å². The number of hydrogen-bond acceptors (Lipinski definition) is 7. The third kappa shape index (κ3) is 4.35. The fourth-order valence-electron chi connectivity index (χ4n) is 3.30. The minimum atomic E-state index is -1.17. The molecule has 31 heavy (non-hydrogen) atoms. The predicted molar refractivity (Wildman–Crippen MR) is 118 cm³/mol. The summed E-state index contributed by atoms with van der Waals surface area (Å²) in [5.41, 5.74) is 3.09. The highest BCUT2D eigenvalue weighted by Gasteiger charge is 2.53. The van der Waals surface area contributed by atoms with Crippen molar-refractivity contribution < 1.29 is 24.2 Å². The number of thiazole rings is 1. The number of carbonyl (C=O) groups is 3. The largest absolute Gasteiger partial charge is 0.484 e. The van der Waals surface area contributed by atoms with Crippen molar-refractivity contribution in [3.63, 3.8) is 0 Å². The number of β-lactam (4-membered cyclic amide) rings is 1. The molecule has 4 rings (SSSR count). The summed E-state index contributed by atoms with van der Waals surface area (Å²) in [5, 5.41) is 11.9. The lowest BCUT2D eigenvalue weighted by Crippen LogP contribution is -2.70. The number of carboxylic acids is 1. The average molecular weight is 458 g/mol. The Balaban J connectivity index is 1.43. The third-order valence-corrected chi connectivity index (χ3v) is 7.05. The molecule has 1 aromatic carbocycles. The highest BCUT2D eigenvalue weighted by molar-refractivity contribution is 8.00. The fourth-order valence-corrected chi connectivity index (χ4v) is 5.31. The number of fused-ring (bicyclic) bond motifs is 1. The molecule has 0 spiro atoms. The van der Waals surface area contributed by atoms with Crippen LogP contribution in [-0.2, 0) is 14.4 Å². The summed E-state index contributed by atoms with van der Waals surface area (Å²) in [5.74, 6) is -1.08. The summed E-state index contributed by atoms with van der Waals surface area (Å²) in [7, 11) is 0. The van der Waals surface area contributed by atoms with E-state index in [9.17, 15) is 19.5 Å². The van der Waals surface area contributed by atoms with E-state index in [4.69, 9.17) is 4.74 Å². The van der Waals surface area contributed by atoms with E-state index in [-0.39, 0.29) is 12.3 Å². The van der Waals surface area contributed by atoms with Gasteiger partial charge in [-0.1, -0.05) is 24.3 Å². The Bertz CT molecular complexity index is 1080. The molecule has 1 fully saturated rings. The van der Waals surface area contributed by atoms with Crippen LogP contribution < -0.4 is 10.1 Å². The Morgan fingerprint density at radius 2 is 2.10 bits per heavy atom. The number of para-hydroxylation sites is 1. The van der Waals surface area contributed by atoms with Gasteiger partial charge in [-0.15, -0.1) is 23.1 Å². The zero-order chi connectivity index (χ0) is 22.0. The van der Waals surface area contributed by atoms with Gasteiger partial charge in [0.2, 0.25) is 0 Å². The number of aromatic nitrogens is 1. The quantitative estimate of drug-likeness (QED) is 0.614. The van der Waals surface area contributed by atoms with Gasteiger partial charge in [0.15, 0.2) is 6.61 Å². The number of thioether (sulfide) groups is 1. The van der Waals surface area contributed by atoms with Gasteiger partial charge < -0.3 is 15.2 Å². The maximum atomic E-state index is 12.7. The average Bonchev–Trinajstić information content (AvgIpc) is 3.19. The Kier molecular flexibility index (Phi) is 6.10. The van der Waals surface area contributed by atoms with E-state index in [1.54, 1.807) is 35.9 Å². The second-order valence-corrected chi connectivity index (χ2v) is 8.86. The van der Waals surface area contributed by atoms with Gasteiger partial charge >= 0.3 is 5.97 Å². The maximum Gasteiger partial charge on any atom is 0.352 e. The lowest BCUT2D eigenvalue weighted by Gasteiger charge is -2.49. The molecule has 10 heteroatoms. The molecule has 2 aliphatic rings. The van der Waals surface area contributed by atoms with Gasteiger partial charge in [-0.05, 0) is 30.7 Å². The minimum Gasteiger partial charge on any atom is -0.484 e. The molecule has 160 valence electrons. The third-order valence-electron chi connectivity index (χ3n) is 4.85. The lowest BCUT2D eigenvalue weighted by molar-refractivity contribution is -0.150. The summed E-state index contributed by atoms with van der Waals surface area (Å²) in [6.45, 7) is 1.65. The van der Waals surface area contributed by atoms with Crippen molar-refractivity contribution in [1.29, 1.82) is 0 Å². The van der Waals surface area contributed by atoms with Gasteiger partial charge in [-0.25, -0.2) is 9.78 Å². The van der Waals surface area contributed by atoms with Crippen LogP contribution >= 0.6 is 23.1 Å². The number of amides is 2. The number of rotatable bonds is 7. The molecule has 0 saturated carbocycles. The van der Waals surface area contributed by atoms with Crippen molar-refractivity contribution in [2.24, 2.45) is 0 Å². The van der Waals surface area contributed by atoms with Gasteiger partial charge in [-0.3, -0.25) is 14.5 Å². The number of aliphatic carboxylic acids is 1. The van der Waals surface area contributed by atoms with Crippen molar-refractivity contribution in [1.82, 2.24) is 15.2 Å². The Labute approximate surface area is 186 Å². The summed E-state index contributed by atoms with van der Waals surface area (Å²) < 4.78 is 5.40. The fraction of sp³-hybridized carbons (Fsp3) is 0.238. The van der Waals surface area contributed by atoms with E-state index in [0.717, 1.165) is 10.6 Å². The number of nitrogens with one attached hydrogen (secondary N) is 1. The van der Waals surface area contributed by atoms with Crippen LogP contribution in [0.15, 0.2) is 53.2 Å². The van der Waals surface area contributed by atoms with Crippen molar-refractivity contribution in [2.75, 3.05) is 12.4 Å². The van der Waals surface area contributed by atoms with Crippen LogP contribution in [0.5, 0.6) is 5.75 Å². The standard InChI is InChI=1S/C21H19N3O5S2/c1-12-15(31-11-22-12)8-7-13-10-30-20-17(19(26)24(20)18(13)21(27)28)23-16(25)9-29-14-5-3-2-4-6-14/h2-8,11,17,20H,9-10H2,1H3,(H,23,25)(H,27,28)/t17?,20-/m1/s1. The van der Waals surface area contributed by atoms with Crippen molar-refractivity contribution in [3.05, 3.63) is 63.8 Å². The molecule has 1 aromatic heterocycles. The normalized spacial score (nSPS) is 20.4. The Morgan fingerprint density at radius 1 is 1.32 bits per heavy atom. The van der Waals surface area contributed by atoms with Crippen molar-refractivity contribution in [3.8, 4) is 5.75 Å². The second kappa shape index (κ2) is 8.94. The SMILES string of the molecule is Cc1ncsc1C=CC1=C(C(=O)O)N2C(=O)C(NC(=O)COc3ccccc3)[C@H]2SC1. The summed E-state index contributed by atoms with van der Waals surface area (Å²) in [6, 6.07) is 8.11. The number of allylic oxidation sites excluding steroid dienone is 1. The summed E-state index contributed by atoms with van der Waals surface area (Å²) in [6.07, 6.45) is 3.54. The predicted octanol–water partition coefficient (Wildman–Crippen LogP) is 2.28. The molecule has 2 aromatic rings. The van der Waals surface area contributed by atoms with Crippen molar-refractivity contribution >= 4 is 47.0 Å². The van der Waals surface area contributed by atoms with Crippen LogP contribution in [0.25, 0.3) is 6.08 Å². The first-order valence-electron chi connectivity index (χ1n) is 9.42. The number of aryl methyl sites for hydroxylation is 1. The molecule has 0 bridgehead atoms. The van der Waals surface area contributed by atoms with E-state index in [0.29, 0.717) is 17.1 Å². The topological polar surface area (TPSA) is 109 Å². The Morgan fingerprint density at radius 3 is 2.77 bits per heavy atom. The molecule has 3 heterocycles. The van der Waals surface area contributed by atoms with Crippen LogP contribution in [0.2, 0.25) is 0 Å². The first kappa shape index (κ1) is 21.1. The molecule has 2 N–H and O–H groups in total. The van der Waals surface area contributed by atoms with E-state index >= 15 is 0 Å². The number of ether oxygens (including phenoxy) is 1. The van der Waals surface area contributed by atoms with E-state index in [1.165, 1.54) is 28.0 Å². The van der Waals surface area contributed by atoms with Crippen LogP contribution in [0, 0.1) is 6.92 Å². The highest BCUT2D eigenvalue weighted by Crippen LogP contribution is 2.40. The van der Waals surface area contributed by atoms with Crippen LogP contribution in [-0.4, -0.2) is 56.5 Å². The van der Waals surface area contributed by atoms with E-state index in [1.807, 2.05) is 19.1 Å². The molecule has 2 atom stereocenters. The number of carboxylic acid groups (broad SMARTS) is 1. The number of nitrogens with zero attached hydrogens (tertiary/aromatic N) is 2. The zero-order valence-corrected chi connectivity index (χ0v) is 18.1. The molecule has 1 unspecified atom stereocenters. The van der Waals surface area contributed by atoms with Crippen LogP contribution in [0.4, 0.5) is 0 Å². The van der Waals surface area contributed by atoms with Gasteiger partial charge in [0.1, 0.15) is 22.9 Å². The highest BCUT2D eigenvalue weighted by atomic mass is 32.2. The van der Waals surface area contributed by atoms with E-state index in [2.05, 4.69) is 10.3 Å². The molecule has 0 aliphatic carbocycles. The molecule has 8 nitrogen and oxygen atoms in total. The Hall–Kier alpha value is -3.11. The van der Waals surface area contributed by atoms with Gasteiger partial charge in [0.25, 0.3) is 11.8 Å². The molecule has 0 radical (unpaired) electrons. The first-order valence-corrected chi connectivity index (χ1v) is 11.3. The minimum absolute atomic E-state index is 0.0433. The number of benzene rings is 1. The van der Waals surface area contributed by atoms with Crippen molar-refractivity contribution in [2.45, 2.75) is 18.3 Å². The summed E-state index contributed by atoms with van der Waals surface area (Å²) in [4.78, 5) is 43.2. The monoisotopic (exact) mass is 457 g/mol. The zero-order valence-electron chi connectivity index (χ0n) is 16.5. The van der Waals surface area contributed by atoms with Gasteiger partial charge in [-0.2, -0.15) is 0 Å². The van der Waals surface area contributed by atoms with E-state index < -0.39 is 29.2 Å². The molecule has 1 saturated heterocycles. The molecule has 2 amide bonds. The lowest BCUT2D eigenvalue weighted by atomic mass is 10.0. The van der Waals surface area contributed by atoms with Gasteiger partial charge in [0, 0.05) is 10.6 Å². The number of hydrogen-bond donors (Lipinski definition) is 2. The summed E-state index contributed by atoms with van der Waals surface area (Å²) >= 11 is 2.88. The van der Waals surface area contributed by atoms with Crippen LogP contribution in [0.3, 0.4) is 0 Å². The maximum absolute atomic E-state index is 12.7. The number of carbonyl (C=O) groups excluding carboxylic acids is 2. The molecular formula is C21H19N3O5S2.